The lowest BCUT2D eigenvalue weighted by Gasteiger charge is -2.42. The summed E-state index contributed by atoms with van der Waals surface area (Å²) < 4.78 is 0.654. The predicted molar refractivity (Wildman–Crippen MR) is 114 cm³/mol. The van der Waals surface area contributed by atoms with Crippen LogP contribution in [0.4, 0.5) is 5.95 Å². The lowest BCUT2D eigenvalue weighted by Crippen LogP contribution is -2.64. The first kappa shape index (κ1) is 19.1. The molecule has 152 valence electrons. The number of nitrogens with one attached hydrogen (secondary N) is 2. The van der Waals surface area contributed by atoms with Crippen molar-refractivity contribution in [1.29, 1.82) is 5.41 Å². The van der Waals surface area contributed by atoms with E-state index in [0.717, 1.165) is 29.1 Å². The molecule has 0 aromatic carbocycles. The van der Waals surface area contributed by atoms with Crippen LogP contribution in [0, 0.1) is 18.3 Å². The molecule has 0 unspecified atom stereocenters. The molecule has 2 aromatic heterocycles. The highest BCUT2D eigenvalue weighted by atomic mass is 35.5. The smallest absolute Gasteiger partial charge is 0.236 e. The number of fused-ring (bicyclic) bond motifs is 1. The van der Waals surface area contributed by atoms with Crippen molar-refractivity contribution in [1.82, 2.24) is 20.2 Å². The van der Waals surface area contributed by atoms with E-state index < -0.39 is 5.54 Å². The molecule has 0 spiro atoms. The Hall–Kier alpha value is -1.90. The molecule has 7 nitrogen and oxygen atoms in total. The van der Waals surface area contributed by atoms with Crippen LogP contribution < -0.4 is 10.2 Å². The number of rotatable bonds is 3. The third-order valence-corrected chi connectivity index (χ3v) is 7.91. The van der Waals surface area contributed by atoms with Crippen LogP contribution >= 0.6 is 34.5 Å². The van der Waals surface area contributed by atoms with Crippen molar-refractivity contribution in [2.24, 2.45) is 5.92 Å². The van der Waals surface area contributed by atoms with E-state index in [2.05, 4.69) is 10.3 Å². The molecule has 2 N–H and O–H groups in total. The Bertz CT molecular complexity index is 1040. The van der Waals surface area contributed by atoms with Gasteiger partial charge in [-0.3, -0.25) is 15.1 Å². The summed E-state index contributed by atoms with van der Waals surface area (Å²) in [6.45, 7) is 2.83. The maximum Gasteiger partial charge on any atom is 0.236 e. The van der Waals surface area contributed by atoms with Crippen LogP contribution in [0.25, 0.3) is 0 Å². The molecular formula is C19H20Cl2N6OS. The van der Waals surface area contributed by atoms with Crippen LogP contribution in [0.2, 0.25) is 9.36 Å². The summed E-state index contributed by atoms with van der Waals surface area (Å²) in [5, 5.41) is 12.2. The molecule has 5 rings (SSSR count). The summed E-state index contributed by atoms with van der Waals surface area (Å²) in [5.74, 6) is 0.615. The predicted octanol–water partition coefficient (Wildman–Crippen LogP) is 3.36. The SMILES string of the molecule is Cc1nc(N2C[C@H]3C(=O)N(C)C(=N)N[C@@]3(c3ccc(Cl)s3)C2)nc(C2CC2)c1Cl. The van der Waals surface area contributed by atoms with Gasteiger partial charge in [0.05, 0.1) is 26.7 Å². The van der Waals surface area contributed by atoms with Crippen LogP contribution in [0.1, 0.15) is 35.0 Å². The minimum Gasteiger partial charge on any atom is -0.343 e. The number of thiophene rings is 1. The van der Waals surface area contributed by atoms with Gasteiger partial charge in [0.25, 0.3) is 0 Å². The summed E-state index contributed by atoms with van der Waals surface area (Å²) in [6.07, 6.45) is 2.19. The molecule has 3 fully saturated rings. The Balaban J connectivity index is 1.58. The summed E-state index contributed by atoms with van der Waals surface area (Å²) in [7, 11) is 1.62. The highest BCUT2D eigenvalue weighted by Crippen LogP contribution is 2.46. The van der Waals surface area contributed by atoms with Crippen LogP contribution in [0.3, 0.4) is 0 Å². The first-order valence-corrected chi connectivity index (χ1v) is 11.1. The van der Waals surface area contributed by atoms with Gasteiger partial charge in [0.15, 0.2) is 5.96 Å². The molecule has 4 heterocycles. The zero-order chi connectivity index (χ0) is 20.5. The first-order valence-electron chi connectivity index (χ1n) is 9.49. The third kappa shape index (κ3) is 2.92. The van der Waals surface area contributed by atoms with Crippen LogP contribution in [0.5, 0.6) is 0 Å². The summed E-state index contributed by atoms with van der Waals surface area (Å²) in [6, 6.07) is 3.77. The molecule has 2 aliphatic heterocycles. The molecule has 1 aliphatic carbocycles. The molecular weight excluding hydrogens is 431 g/mol. The van der Waals surface area contributed by atoms with E-state index in [1.165, 1.54) is 16.2 Å². The molecule has 0 radical (unpaired) electrons. The van der Waals surface area contributed by atoms with Gasteiger partial charge in [0.1, 0.15) is 5.54 Å². The number of aryl methyl sites for hydroxylation is 1. The second-order valence-corrected chi connectivity index (χ2v) is 10.1. The van der Waals surface area contributed by atoms with E-state index in [1.807, 2.05) is 24.0 Å². The van der Waals surface area contributed by atoms with Crippen molar-refractivity contribution in [3.63, 3.8) is 0 Å². The quantitative estimate of drug-likeness (QED) is 0.748. The zero-order valence-electron chi connectivity index (χ0n) is 16.0. The number of aromatic nitrogens is 2. The van der Waals surface area contributed by atoms with Gasteiger partial charge < -0.3 is 10.2 Å². The normalized spacial score (nSPS) is 26.7. The van der Waals surface area contributed by atoms with Crippen molar-refractivity contribution in [2.45, 2.75) is 31.2 Å². The van der Waals surface area contributed by atoms with E-state index in [-0.39, 0.29) is 17.8 Å². The molecule has 0 bridgehead atoms. The second kappa shape index (κ2) is 6.55. The van der Waals surface area contributed by atoms with Gasteiger partial charge in [-0.15, -0.1) is 11.3 Å². The van der Waals surface area contributed by atoms with Crippen molar-refractivity contribution in [2.75, 3.05) is 25.0 Å². The van der Waals surface area contributed by atoms with Crippen molar-refractivity contribution in [3.8, 4) is 0 Å². The molecule has 2 saturated heterocycles. The molecule has 2 aromatic rings. The number of guanidine groups is 1. The highest BCUT2D eigenvalue weighted by molar-refractivity contribution is 7.16. The zero-order valence-corrected chi connectivity index (χ0v) is 18.3. The number of amides is 1. The molecule has 10 heteroatoms. The van der Waals surface area contributed by atoms with Crippen molar-refractivity contribution in [3.05, 3.63) is 37.8 Å². The number of carbonyl (C=O) groups excluding carboxylic acids is 1. The number of hydrogen-bond donors (Lipinski definition) is 2. The fourth-order valence-electron chi connectivity index (χ4n) is 4.26. The van der Waals surface area contributed by atoms with Crippen LogP contribution in [0.15, 0.2) is 12.1 Å². The molecule has 29 heavy (non-hydrogen) atoms. The number of anilines is 1. The molecule has 1 saturated carbocycles. The fraction of sp³-hybridized carbons (Fsp3) is 0.474. The average molecular weight is 451 g/mol. The third-order valence-electron chi connectivity index (χ3n) is 6.03. The van der Waals surface area contributed by atoms with Gasteiger partial charge in [-0.25, -0.2) is 9.97 Å². The first-order chi connectivity index (χ1) is 13.8. The number of carbonyl (C=O) groups is 1. The highest BCUT2D eigenvalue weighted by Gasteiger charge is 2.57. The van der Waals surface area contributed by atoms with E-state index in [9.17, 15) is 4.79 Å². The molecule has 3 aliphatic rings. The topological polar surface area (TPSA) is 85.2 Å². The van der Waals surface area contributed by atoms with Gasteiger partial charge in [0, 0.05) is 30.9 Å². The van der Waals surface area contributed by atoms with Crippen molar-refractivity contribution >= 4 is 52.4 Å². The maximum absolute atomic E-state index is 13.1. The van der Waals surface area contributed by atoms with Gasteiger partial charge in [-0.2, -0.15) is 0 Å². The number of nitrogens with zero attached hydrogens (tertiary/aromatic N) is 4. The van der Waals surface area contributed by atoms with Gasteiger partial charge in [-0.1, -0.05) is 23.2 Å². The summed E-state index contributed by atoms with van der Waals surface area (Å²) in [5.41, 5.74) is 0.932. The molecule has 2 atom stereocenters. The maximum atomic E-state index is 13.1. The standard InChI is InChI=1S/C19H20Cl2N6OS/c1-9-14(21)15(10-3-4-10)24-18(23-9)27-7-11-16(28)26(2)17(22)25-19(11,8-27)12-5-6-13(20)29-12/h5-6,10-11H,3-4,7-8H2,1-2H3,(H2,22,25)/t11-,19-/m0/s1. The Morgan fingerprint density at radius 3 is 2.72 bits per heavy atom. The summed E-state index contributed by atoms with van der Waals surface area (Å²) >= 11 is 14.1. The Morgan fingerprint density at radius 1 is 1.31 bits per heavy atom. The van der Waals surface area contributed by atoms with Gasteiger partial charge in [-0.05, 0) is 31.9 Å². The second-order valence-electron chi connectivity index (χ2n) is 7.96. The minimum atomic E-state index is -0.727. The van der Waals surface area contributed by atoms with Gasteiger partial charge >= 0.3 is 0 Å². The van der Waals surface area contributed by atoms with Crippen LogP contribution in [-0.4, -0.2) is 46.9 Å². The molecule has 1 amide bonds. The van der Waals surface area contributed by atoms with Gasteiger partial charge in [0.2, 0.25) is 11.9 Å². The van der Waals surface area contributed by atoms with E-state index in [1.54, 1.807) is 7.05 Å². The Morgan fingerprint density at radius 2 is 2.07 bits per heavy atom. The monoisotopic (exact) mass is 450 g/mol. The Kier molecular flexibility index (Phi) is 4.31. The number of halogens is 2. The lowest BCUT2D eigenvalue weighted by atomic mass is 9.83. The average Bonchev–Trinajstić information content (AvgIpc) is 3.31. The Labute approximate surface area is 182 Å². The minimum absolute atomic E-state index is 0.0875. The van der Waals surface area contributed by atoms with E-state index in [4.69, 9.17) is 33.6 Å². The lowest BCUT2D eigenvalue weighted by molar-refractivity contribution is -0.133. The number of hydrogen-bond acceptors (Lipinski definition) is 6. The van der Waals surface area contributed by atoms with E-state index >= 15 is 0 Å². The fourth-order valence-corrected chi connectivity index (χ4v) is 5.73. The summed E-state index contributed by atoms with van der Waals surface area (Å²) in [4.78, 5) is 26.9. The largest absolute Gasteiger partial charge is 0.343 e. The van der Waals surface area contributed by atoms with E-state index in [0.29, 0.717) is 34.3 Å². The van der Waals surface area contributed by atoms with Crippen LogP contribution in [-0.2, 0) is 10.3 Å². The van der Waals surface area contributed by atoms with Crippen molar-refractivity contribution < 1.29 is 4.79 Å².